The predicted molar refractivity (Wildman–Crippen MR) is 140 cm³/mol. The first-order chi connectivity index (χ1) is 15.8. The number of hydrogen-bond acceptors (Lipinski definition) is 2. The summed E-state index contributed by atoms with van der Waals surface area (Å²) in [5.41, 5.74) is 5.58. The number of pyridine rings is 2. The minimum atomic E-state index is -0.547. The molecule has 4 heteroatoms. The molecule has 159 valence electrons. The van der Waals surface area contributed by atoms with Gasteiger partial charge >= 0.3 is 198 Å². The molecule has 0 atom stereocenters. The van der Waals surface area contributed by atoms with Gasteiger partial charge in [0.1, 0.15) is 0 Å². The van der Waals surface area contributed by atoms with Crippen LogP contribution in [0.1, 0.15) is 26.7 Å². The van der Waals surface area contributed by atoms with E-state index in [9.17, 15) is 0 Å². The van der Waals surface area contributed by atoms with Crippen molar-refractivity contribution in [1.29, 1.82) is 0 Å². The average Bonchev–Trinajstić information content (AvgIpc) is 3.23. The number of rotatable bonds is 7. The van der Waals surface area contributed by atoms with Crippen molar-refractivity contribution in [3.8, 4) is 22.5 Å². The fourth-order valence-electron chi connectivity index (χ4n) is 4.51. The van der Waals surface area contributed by atoms with Crippen molar-refractivity contribution in [2.75, 3.05) is 0 Å². The molecule has 3 heterocycles. The van der Waals surface area contributed by atoms with Crippen molar-refractivity contribution in [2.45, 2.75) is 38.8 Å². The Bertz CT molecular complexity index is 1350. The summed E-state index contributed by atoms with van der Waals surface area (Å²) in [7, 11) is -0.547. The summed E-state index contributed by atoms with van der Waals surface area (Å²) in [6.07, 6.45) is 4.38. The summed E-state index contributed by atoms with van der Waals surface area (Å²) in [4.78, 5) is 9.80. The van der Waals surface area contributed by atoms with Crippen LogP contribution >= 0.6 is 0 Å². The molecule has 0 spiro atoms. The fraction of sp³-hybridized carbons (Fsp3) is 0.214. The van der Waals surface area contributed by atoms with Crippen LogP contribution in [0.15, 0.2) is 79.0 Å². The Morgan fingerprint density at radius 2 is 1.53 bits per heavy atom. The molecule has 32 heavy (non-hydrogen) atoms. The first kappa shape index (κ1) is 21.3. The Balaban J connectivity index is 1.65. The summed E-state index contributed by atoms with van der Waals surface area (Å²) in [5, 5.41) is 3.09. The third-order valence-corrected chi connectivity index (χ3v) is 11.7. The van der Waals surface area contributed by atoms with Crippen LogP contribution in [0.2, 0.25) is 12.1 Å². The fourth-order valence-corrected chi connectivity index (χ4v) is 9.90. The molecule has 0 bridgehead atoms. The zero-order chi connectivity index (χ0) is 21.9. The Morgan fingerprint density at radius 3 is 2.28 bits per heavy atom. The van der Waals surface area contributed by atoms with Crippen LogP contribution in [-0.4, -0.2) is 33.3 Å². The maximum absolute atomic E-state index is 5.27. The molecule has 1 radical (unpaired) electrons. The molecule has 0 unspecified atom stereocenters. The van der Waals surface area contributed by atoms with E-state index < -0.39 is 8.80 Å². The maximum atomic E-state index is 5.27. The first-order valence-corrected chi connectivity index (χ1v) is 15.1. The van der Waals surface area contributed by atoms with Crippen molar-refractivity contribution in [3.05, 3.63) is 79.0 Å². The van der Waals surface area contributed by atoms with Gasteiger partial charge in [0.15, 0.2) is 0 Å². The van der Waals surface area contributed by atoms with E-state index in [1.54, 1.807) is 5.19 Å². The number of aromatic nitrogens is 2. The van der Waals surface area contributed by atoms with E-state index in [1.165, 1.54) is 44.4 Å². The van der Waals surface area contributed by atoms with E-state index in [0.29, 0.717) is 14.5 Å². The Morgan fingerprint density at radius 1 is 0.750 bits per heavy atom. The number of nitrogens with zero attached hydrogens (tertiary/aromatic N) is 2. The summed E-state index contributed by atoms with van der Waals surface area (Å²) < 4.78 is 2.95. The van der Waals surface area contributed by atoms with Gasteiger partial charge in [-0.25, -0.2) is 0 Å². The van der Waals surface area contributed by atoms with Gasteiger partial charge in [0.2, 0.25) is 0 Å². The van der Waals surface area contributed by atoms with E-state index in [4.69, 9.17) is 4.98 Å². The topological polar surface area (TPSA) is 25.8 Å². The van der Waals surface area contributed by atoms with Crippen LogP contribution in [0.25, 0.3) is 41.9 Å². The molecule has 5 aromatic rings. The number of fused-ring (bicyclic) bond motifs is 3. The van der Waals surface area contributed by atoms with Gasteiger partial charge < -0.3 is 0 Å². The standard InChI is InChI=1S/C28H27N2SeSi/c1-3-17-32(18-4-2)26-13-8-12-24-27(26)28-25(31-24)15-14-23(30-28)21-10-7-9-20(19-21)22-11-5-6-16-29-22/h5-16,19H,3-4,17-18H2,1-2H3. The molecule has 2 aromatic carbocycles. The van der Waals surface area contributed by atoms with E-state index in [1.807, 2.05) is 18.3 Å². The second-order valence-corrected chi connectivity index (χ2v) is 13.2. The SMILES string of the molecule is CCC[Si](CCC)c1cccc2[se]c3ccc(-c4cccc(-c5ccccn5)c4)nc3c12. The Kier molecular flexibility index (Phi) is 6.36. The van der Waals surface area contributed by atoms with Crippen molar-refractivity contribution in [1.82, 2.24) is 9.97 Å². The van der Waals surface area contributed by atoms with Gasteiger partial charge in [-0.15, -0.1) is 0 Å². The number of hydrogen-bond donors (Lipinski definition) is 0. The molecule has 3 aromatic heterocycles. The summed E-state index contributed by atoms with van der Waals surface area (Å²) in [6.45, 7) is 4.65. The second kappa shape index (κ2) is 9.54. The van der Waals surface area contributed by atoms with Crippen LogP contribution in [-0.2, 0) is 0 Å². The zero-order valence-corrected chi connectivity index (χ0v) is 21.3. The second-order valence-electron chi connectivity index (χ2n) is 8.22. The van der Waals surface area contributed by atoms with Gasteiger partial charge in [-0.3, -0.25) is 0 Å². The third kappa shape index (κ3) is 4.11. The van der Waals surface area contributed by atoms with Crippen LogP contribution < -0.4 is 5.19 Å². The molecule has 0 N–H and O–H groups in total. The molecule has 0 amide bonds. The molecular formula is C28H27N2SeSi. The van der Waals surface area contributed by atoms with Crippen molar-refractivity contribution in [3.63, 3.8) is 0 Å². The third-order valence-electron chi connectivity index (χ3n) is 5.94. The molecule has 0 saturated carbocycles. The van der Waals surface area contributed by atoms with Gasteiger partial charge in [-0.1, -0.05) is 0 Å². The van der Waals surface area contributed by atoms with Gasteiger partial charge in [0.05, 0.1) is 0 Å². The van der Waals surface area contributed by atoms with Gasteiger partial charge in [-0.05, 0) is 0 Å². The van der Waals surface area contributed by atoms with Gasteiger partial charge in [0, 0.05) is 0 Å². The Hall–Kier alpha value is -2.52. The number of benzene rings is 2. The first-order valence-electron chi connectivity index (χ1n) is 11.5. The monoisotopic (exact) mass is 499 g/mol. The molecule has 0 saturated heterocycles. The van der Waals surface area contributed by atoms with Crippen LogP contribution in [0.5, 0.6) is 0 Å². The summed E-state index contributed by atoms with van der Waals surface area (Å²) >= 11 is 0.355. The van der Waals surface area contributed by atoms with Gasteiger partial charge in [-0.2, -0.15) is 0 Å². The predicted octanol–water partition coefficient (Wildman–Crippen LogP) is 6.70. The van der Waals surface area contributed by atoms with Crippen molar-refractivity contribution >= 4 is 47.9 Å². The van der Waals surface area contributed by atoms with Crippen LogP contribution in [0.4, 0.5) is 0 Å². The average molecular weight is 499 g/mol. The normalized spacial score (nSPS) is 11.6. The molecule has 2 nitrogen and oxygen atoms in total. The zero-order valence-electron chi connectivity index (χ0n) is 18.6. The van der Waals surface area contributed by atoms with E-state index in [-0.39, 0.29) is 0 Å². The molecule has 5 rings (SSSR count). The summed E-state index contributed by atoms with van der Waals surface area (Å²) in [6, 6.07) is 28.9. The molecular weight excluding hydrogens is 471 g/mol. The van der Waals surface area contributed by atoms with E-state index in [0.717, 1.165) is 22.5 Å². The van der Waals surface area contributed by atoms with Gasteiger partial charge in [0.25, 0.3) is 0 Å². The molecule has 0 aliphatic heterocycles. The molecule has 0 aliphatic rings. The Labute approximate surface area is 197 Å². The van der Waals surface area contributed by atoms with E-state index >= 15 is 0 Å². The van der Waals surface area contributed by atoms with Crippen molar-refractivity contribution < 1.29 is 0 Å². The quantitative estimate of drug-likeness (QED) is 0.234. The van der Waals surface area contributed by atoms with E-state index in [2.05, 4.69) is 79.5 Å². The van der Waals surface area contributed by atoms with Crippen LogP contribution in [0, 0.1) is 0 Å². The molecule has 0 aliphatic carbocycles. The molecule has 0 fully saturated rings. The summed E-state index contributed by atoms with van der Waals surface area (Å²) in [5.74, 6) is 0. The minimum absolute atomic E-state index is 0.355. The van der Waals surface area contributed by atoms with Crippen molar-refractivity contribution in [2.24, 2.45) is 0 Å². The van der Waals surface area contributed by atoms with Crippen LogP contribution in [0.3, 0.4) is 0 Å².